The van der Waals surface area contributed by atoms with Crippen LogP contribution in [0.1, 0.15) is 40.7 Å². The first-order chi connectivity index (χ1) is 13.5. The molecular formula is C22H22N2O4. The van der Waals surface area contributed by atoms with Gasteiger partial charge in [0.1, 0.15) is 5.69 Å². The number of carbonyl (C=O) groups is 2. The average Bonchev–Trinajstić information content (AvgIpc) is 3.02. The van der Waals surface area contributed by atoms with Crippen LogP contribution in [0.25, 0.3) is 11.7 Å². The maximum Gasteiger partial charge on any atom is 0.328 e. The molecule has 0 saturated carbocycles. The Morgan fingerprint density at radius 2 is 2.00 bits per heavy atom. The SMILES string of the molecule is CCOc1cccn2c(C(=O)CCc3ccccc3/C=C/C(=O)O)c(C)nc12. The van der Waals surface area contributed by atoms with Crippen LogP contribution < -0.4 is 4.74 Å². The average molecular weight is 378 g/mol. The highest BCUT2D eigenvalue weighted by Gasteiger charge is 2.18. The van der Waals surface area contributed by atoms with Gasteiger partial charge < -0.3 is 9.84 Å². The van der Waals surface area contributed by atoms with Crippen LogP contribution in [0, 0.1) is 6.92 Å². The van der Waals surface area contributed by atoms with E-state index in [9.17, 15) is 9.59 Å². The number of pyridine rings is 1. The highest BCUT2D eigenvalue weighted by atomic mass is 16.5. The normalized spacial score (nSPS) is 11.2. The number of aryl methyl sites for hydroxylation is 2. The topological polar surface area (TPSA) is 80.9 Å². The van der Waals surface area contributed by atoms with Crippen molar-refractivity contribution >= 4 is 23.5 Å². The number of rotatable bonds is 8. The minimum atomic E-state index is -1.00. The number of ether oxygens (including phenoxy) is 1. The lowest BCUT2D eigenvalue weighted by Gasteiger charge is -2.07. The highest BCUT2D eigenvalue weighted by Crippen LogP contribution is 2.23. The van der Waals surface area contributed by atoms with Gasteiger partial charge in [0.2, 0.25) is 0 Å². The van der Waals surface area contributed by atoms with Crippen molar-refractivity contribution in [3.63, 3.8) is 0 Å². The molecule has 6 heteroatoms. The standard InChI is InChI=1S/C22H22N2O4/c1-3-28-19-9-6-14-24-21(15(2)23-22(19)24)18(25)12-10-16-7-4-5-8-17(16)11-13-20(26)27/h4-9,11,13-14H,3,10,12H2,1-2H3,(H,26,27)/b13-11+. The summed E-state index contributed by atoms with van der Waals surface area (Å²) in [5.74, 6) is -0.371. The van der Waals surface area contributed by atoms with Crippen LogP contribution in [0.5, 0.6) is 5.75 Å². The summed E-state index contributed by atoms with van der Waals surface area (Å²) in [5, 5.41) is 8.84. The molecule has 0 fully saturated rings. The molecule has 1 N–H and O–H groups in total. The van der Waals surface area contributed by atoms with Crippen molar-refractivity contribution < 1.29 is 19.4 Å². The van der Waals surface area contributed by atoms with Crippen molar-refractivity contribution in [2.45, 2.75) is 26.7 Å². The predicted molar refractivity (Wildman–Crippen MR) is 107 cm³/mol. The summed E-state index contributed by atoms with van der Waals surface area (Å²) in [6.07, 6.45) is 5.28. The number of hydrogen-bond donors (Lipinski definition) is 1. The van der Waals surface area contributed by atoms with E-state index in [1.807, 2.05) is 56.4 Å². The Morgan fingerprint density at radius 1 is 1.21 bits per heavy atom. The number of fused-ring (bicyclic) bond motifs is 1. The Bertz CT molecular complexity index is 1050. The van der Waals surface area contributed by atoms with Crippen molar-refractivity contribution in [1.82, 2.24) is 9.38 Å². The summed E-state index contributed by atoms with van der Waals surface area (Å²) >= 11 is 0. The van der Waals surface area contributed by atoms with Crippen molar-refractivity contribution in [3.8, 4) is 5.75 Å². The van der Waals surface area contributed by atoms with E-state index in [0.717, 1.165) is 17.2 Å². The minimum absolute atomic E-state index is 0.0179. The molecule has 0 atom stereocenters. The van der Waals surface area contributed by atoms with Crippen LogP contribution in [-0.4, -0.2) is 32.9 Å². The first-order valence-corrected chi connectivity index (χ1v) is 9.13. The van der Waals surface area contributed by atoms with Gasteiger partial charge >= 0.3 is 5.97 Å². The van der Waals surface area contributed by atoms with E-state index in [0.29, 0.717) is 42.2 Å². The van der Waals surface area contributed by atoms with E-state index >= 15 is 0 Å². The van der Waals surface area contributed by atoms with Crippen LogP contribution in [0.4, 0.5) is 0 Å². The van der Waals surface area contributed by atoms with Gasteiger partial charge in [0, 0.05) is 18.7 Å². The molecule has 0 aliphatic heterocycles. The Labute approximate surface area is 163 Å². The Kier molecular flexibility index (Phi) is 5.89. The van der Waals surface area contributed by atoms with Crippen LogP contribution in [0.2, 0.25) is 0 Å². The maximum absolute atomic E-state index is 12.9. The van der Waals surface area contributed by atoms with E-state index in [1.54, 1.807) is 10.5 Å². The molecule has 6 nitrogen and oxygen atoms in total. The van der Waals surface area contributed by atoms with Crippen LogP contribution in [-0.2, 0) is 11.2 Å². The van der Waals surface area contributed by atoms with Gasteiger partial charge in [-0.2, -0.15) is 0 Å². The van der Waals surface area contributed by atoms with Crippen molar-refractivity contribution in [3.05, 3.63) is 71.2 Å². The summed E-state index contributed by atoms with van der Waals surface area (Å²) in [6.45, 7) is 4.25. The lowest BCUT2D eigenvalue weighted by molar-refractivity contribution is -0.131. The fourth-order valence-electron chi connectivity index (χ4n) is 3.21. The summed E-state index contributed by atoms with van der Waals surface area (Å²) < 4.78 is 7.38. The second-order valence-corrected chi connectivity index (χ2v) is 6.34. The van der Waals surface area contributed by atoms with Gasteiger partial charge in [0.25, 0.3) is 0 Å². The third-order valence-electron chi connectivity index (χ3n) is 4.43. The quantitative estimate of drug-likeness (QED) is 0.474. The van der Waals surface area contributed by atoms with E-state index in [4.69, 9.17) is 9.84 Å². The Morgan fingerprint density at radius 3 is 2.75 bits per heavy atom. The molecule has 1 aromatic carbocycles. The summed E-state index contributed by atoms with van der Waals surface area (Å²) in [4.78, 5) is 28.2. The zero-order valence-corrected chi connectivity index (χ0v) is 15.9. The number of ketones is 1. The number of Topliss-reactive ketones (excluding diaryl/α,β-unsaturated/α-hetero) is 1. The molecule has 0 spiro atoms. The summed E-state index contributed by atoms with van der Waals surface area (Å²) in [7, 11) is 0. The van der Waals surface area contributed by atoms with Gasteiger partial charge in [0.15, 0.2) is 17.2 Å². The van der Waals surface area contributed by atoms with Gasteiger partial charge in [-0.05, 0) is 49.6 Å². The van der Waals surface area contributed by atoms with Crippen molar-refractivity contribution in [2.24, 2.45) is 0 Å². The number of imidazole rings is 1. The van der Waals surface area contributed by atoms with Gasteiger partial charge in [-0.15, -0.1) is 0 Å². The molecule has 0 bridgehead atoms. The molecule has 28 heavy (non-hydrogen) atoms. The lowest BCUT2D eigenvalue weighted by atomic mass is 10.00. The zero-order chi connectivity index (χ0) is 20.1. The number of hydrogen-bond acceptors (Lipinski definition) is 4. The Hall–Kier alpha value is -3.41. The number of carboxylic acid groups (broad SMARTS) is 1. The molecule has 0 amide bonds. The fraction of sp³-hybridized carbons (Fsp3) is 0.227. The first-order valence-electron chi connectivity index (χ1n) is 9.13. The van der Waals surface area contributed by atoms with Gasteiger partial charge in [-0.25, -0.2) is 9.78 Å². The largest absolute Gasteiger partial charge is 0.490 e. The van der Waals surface area contributed by atoms with E-state index in [1.165, 1.54) is 0 Å². The molecule has 2 heterocycles. The lowest BCUT2D eigenvalue weighted by Crippen LogP contribution is -2.07. The number of benzene rings is 1. The number of carboxylic acids is 1. The molecule has 0 aliphatic carbocycles. The third kappa shape index (κ3) is 4.11. The maximum atomic E-state index is 12.9. The van der Waals surface area contributed by atoms with E-state index < -0.39 is 5.97 Å². The fourth-order valence-corrected chi connectivity index (χ4v) is 3.21. The number of nitrogens with zero attached hydrogens (tertiary/aromatic N) is 2. The third-order valence-corrected chi connectivity index (χ3v) is 4.43. The van der Waals surface area contributed by atoms with Gasteiger partial charge in [0.05, 0.1) is 12.3 Å². The highest BCUT2D eigenvalue weighted by molar-refractivity contribution is 5.97. The minimum Gasteiger partial charge on any atom is -0.490 e. The molecule has 144 valence electrons. The van der Waals surface area contributed by atoms with Crippen molar-refractivity contribution in [1.29, 1.82) is 0 Å². The van der Waals surface area contributed by atoms with Crippen molar-refractivity contribution in [2.75, 3.05) is 6.61 Å². The molecule has 0 radical (unpaired) electrons. The first kappa shape index (κ1) is 19.4. The van der Waals surface area contributed by atoms with Gasteiger partial charge in [-0.3, -0.25) is 9.20 Å². The number of aliphatic carboxylic acids is 1. The van der Waals surface area contributed by atoms with Crippen LogP contribution in [0.15, 0.2) is 48.7 Å². The predicted octanol–water partition coefficient (Wildman–Crippen LogP) is 3.95. The molecule has 0 unspecified atom stereocenters. The molecule has 3 aromatic rings. The van der Waals surface area contributed by atoms with Gasteiger partial charge in [-0.1, -0.05) is 24.3 Å². The van der Waals surface area contributed by atoms with E-state index in [-0.39, 0.29) is 5.78 Å². The summed E-state index contributed by atoms with van der Waals surface area (Å²) in [6, 6.07) is 11.1. The Balaban J connectivity index is 1.84. The van der Waals surface area contributed by atoms with Crippen LogP contribution >= 0.6 is 0 Å². The molecule has 2 aromatic heterocycles. The molecule has 0 saturated heterocycles. The van der Waals surface area contributed by atoms with E-state index in [2.05, 4.69) is 4.98 Å². The number of carbonyl (C=O) groups excluding carboxylic acids is 1. The second-order valence-electron chi connectivity index (χ2n) is 6.34. The molecule has 0 aliphatic rings. The second kappa shape index (κ2) is 8.52. The summed E-state index contributed by atoms with van der Waals surface area (Å²) in [5.41, 5.74) is 3.57. The molecule has 3 rings (SSSR count). The van der Waals surface area contributed by atoms with Crippen LogP contribution in [0.3, 0.4) is 0 Å². The number of aromatic nitrogens is 2. The molecular weight excluding hydrogens is 356 g/mol. The smallest absolute Gasteiger partial charge is 0.328 e. The monoisotopic (exact) mass is 378 g/mol. The zero-order valence-electron chi connectivity index (χ0n) is 15.9.